The highest BCUT2D eigenvalue weighted by molar-refractivity contribution is 6.14. The molecule has 2 aliphatic heterocycles. The molecule has 0 saturated carbocycles. The maximum Gasteiger partial charge on any atom is 0.132 e. The van der Waals surface area contributed by atoms with Crippen molar-refractivity contribution in [2.75, 3.05) is 18.0 Å². The predicted octanol–water partition coefficient (Wildman–Crippen LogP) is 2.88. The van der Waals surface area contributed by atoms with Gasteiger partial charge in [0.25, 0.3) is 0 Å². The van der Waals surface area contributed by atoms with Gasteiger partial charge in [0.1, 0.15) is 12.1 Å². The first-order valence-electron chi connectivity index (χ1n) is 10.5. The maximum absolute atomic E-state index is 4.81. The minimum atomic E-state index is 0.375. The van der Waals surface area contributed by atoms with Crippen LogP contribution in [-0.2, 0) is 13.6 Å². The van der Waals surface area contributed by atoms with Gasteiger partial charge in [-0.2, -0.15) is 10.2 Å². The van der Waals surface area contributed by atoms with Gasteiger partial charge >= 0.3 is 0 Å². The Labute approximate surface area is 179 Å². The number of aromatic nitrogens is 6. The number of aliphatic imine (C=N–C) groups is 1. The van der Waals surface area contributed by atoms with E-state index in [2.05, 4.69) is 49.3 Å². The number of hydrogen-bond acceptors (Lipinski definition) is 6. The minimum Gasteiger partial charge on any atom is -0.354 e. The predicted molar refractivity (Wildman–Crippen MR) is 118 cm³/mol. The summed E-state index contributed by atoms with van der Waals surface area (Å²) >= 11 is 0. The molecule has 8 heteroatoms. The summed E-state index contributed by atoms with van der Waals surface area (Å²) in [6, 6.07) is 10.9. The summed E-state index contributed by atoms with van der Waals surface area (Å²) in [6.07, 6.45) is 10.5. The van der Waals surface area contributed by atoms with Crippen LogP contribution < -0.4 is 4.90 Å². The fraction of sp³-hybridized carbons (Fsp3) is 0.261. The van der Waals surface area contributed by atoms with Crippen molar-refractivity contribution in [3.8, 4) is 11.1 Å². The molecular weight excluding hydrogens is 388 g/mol. The number of hydrogen-bond donors (Lipinski definition) is 0. The van der Waals surface area contributed by atoms with Gasteiger partial charge in [-0.25, -0.2) is 9.97 Å². The van der Waals surface area contributed by atoms with Crippen LogP contribution in [0, 0.1) is 0 Å². The Morgan fingerprint density at radius 1 is 1.06 bits per heavy atom. The number of nitrogens with zero attached hydrogens (tertiary/aromatic N) is 8. The van der Waals surface area contributed by atoms with Crippen molar-refractivity contribution >= 4 is 11.5 Å². The molecule has 1 unspecified atom stereocenters. The van der Waals surface area contributed by atoms with Gasteiger partial charge in [0.15, 0.2) is 0 Å². The number of fused-ring (bicyclic) bond motifs is 1. The molecule has 31 heavy (non-hydrogen) atoms. The Morgan fingerprint density at radius 2 is 2.03 bits per heavy atom. The van der Waals surface area contributed by atoms with E-state index in [0.29, 0.717) is 12.6 Å². The lowest BCUT2D eigenvalue weighted by molar-refractivity contribution is 0.494. The van der Waals surface area contributed by atoms with Gasteiger partial charge in [0.05, 0.1) is 30.2 Å². The lowest BCUT2D eigenvalue weighted by Gasteiger charge is -2.18. The van der Waals surface area contributed by atoms with Crippen LogP contribution in [0.15, 0.2) is 66.4 Å². The Bertz CT molecular complexity index is 1270. The molecule has 1 aromatic carbocycles. The molecule has 3 aromatic heterocycles. The molecule has 154 valence electrons. The Morgan fingerprint density at radius 3 is 2.87 bits per heavy atom. The third-order valence-electron chi connectivity index (χ3n) is 6.09. The Balaban J connectivity index is 1.29. The van der Waals surface area contributed by atoms with Crippen LogP contribution >= 0.6 is 0 Å². The van der Waals surface area contributed by atoms with Crippen LogP contribution in [0.4, 0.5) is 5.82 Å². The second-order valence-corrected chi connectivity index (χ2v) is 8.08. The summed E-state index contributed by atoms with van der Waals surface area (Å²) in [6.45, 7) is 2.53. The van der Waals surface area contributed by atoms with Crippen LogP contribution in [0.1, 0.15) is 29.3 Å². The van der Waals surface area contributed by atoms with Gasteiger partial charge in [0.2, 0.25) is 0 Å². The number of aryl methyl sites for hydroxylation is 1. The second kappa shape index (κ2) is 7.16. The van der Waals surface area contributed by atoms with Gasteiger partial charge in [-0.3, -0.25) is 14.4 Å². The quantitative estimate of drug-likeness (QED) is 0.517. The van der Waals surface area contributed by atoms with E-state index < -0.39 is 0 Å². The third-order valence-corrected chi connectivity index (χ3v) is 6.09. The van der Waals surface area contributed by atoms with Crippen molar-refractivity contribution in [1.82, 2.24) is 29.5 Å². The molecule has 5 heterocycles. The SMILES string of the molecule is Cn1cc(-c2ccc3c(c2)C(c2cc(N4CCC(n5cccn5)C4)ncn2)=NC3)cn1. The lowest BCUT2D eigenvalue weighted by Crippen LogP contribution is -2.22. The molecule has 0 N–H and O–H groups in total. The van der Waals surface area contributed by atoms with Crippen molar-refractivity contribution in [2.45, 2.75) is 19.0 Å². The molecule has 1 saturated heterocycles. The second-order valence-electron chi connectivity index (χ2n) is 8.08. The molecule has 0 amide bonds. The van der Waals surface area contributed by atoms with Crippen molar-refractivity contribution in [3.63, 3.8) is 0 Å². The van der Waals surface area contributed by atoms with Crippen LogP contribution in [0.25, 0.3) is 11.1 Å². The molecule has 0 spiro atoms. The molecule has 2 aliphatic rings. The topological polar surface area (TPSA) is 77.0 Å². The average molecular weight is 410 g/mol. The normalized spacial score (nSPS) is 17.8. The lowest BCUT2D eigenvalue weighted by atomic mass is 9.98. The summed E-state index contributed by atoms with van der Waals surface area (Å²) in [5, 5.41) is 8.70. The fourth-order valence-electron chi connectivity index (χ4n) is 4.46. The zero-order valence-electron chi connectivity index (χ0n) is 17.3. The summed E-state index contributed by atoms with van der Waals surface area (Å²) in [7, 11) is 1.93. The van der Waals surface area contributed by atoms with Crippen LogP contribution in [0.3, 0.4) is 0 Å². The first-order valence-corrected chi connectivity index (χ1v) is 10.5. The van der Waals surface area contributed by atoms with E-state index >= 15 is 0 Å². The monoisotopic (exact) mass is 410 g/mol. The van der Waals surface area contributed by atoms with Crippen molar-refractivity contribution < 1.29 is 0 Å². The van der Waals surface area contributed by atoms with Crippen LogP contribution in [0.2, 0.25) is 0 Å². The van der Waals surface area contributed by atoms with E-state index in [9.17, 15) is 0 Å². The first-order chi connectivity index (χ1) is 15.2. The van der Waals surface area contributed by atoms with E-state index in [4.69, 9.17) is 4.99 Å². The Kier molecular flexibility index (Phi) is 4.15. The molecule has 0 radical (unpaired) electrons. The molecule has 0 aliphatic carbocycles. The number of rotatable bonds is 4. The maximum atomic E-state index is 4.81. The van der Waals surface area contributed by atoms with Crippen molar-refractivity contribution in [3.05, 3.63) is 78.3 Å². The zero-order valence-corrected chi connectivity index (χ0v) is 17.3. The van der Waals surface area contributed by atoms with E-state index in [1.807, 2.05) is 47.3 Å². The smallest absolute Gasteiger partial charge is 0.132 e. The molecule has 0 bridgehead atoms. The molecular formula is C23H22N8. The Hall–Kier alpha value is -3.81. The average Bonchev–Trinajstić information content (AvgIpc) is 3.60. The van der Waals surface area contributed by atoms with E-state index in [-0.39, 0.29) is 0 Å². The first kappa shape index (κ1) is 18.0. The third kappa shape index (κ3) is 3.20. The van der Waals surface area contributed by atoms with Gasteiger partial charge < -0.3 is 4.90 Å². The van der Waals surface area contributed by atoms with Gasteiger partial charge in [-0.15, -0.1) is 0 Å². The van der Waals surface area contributed by atoms with Crippen molar-refractivity contribution in [2.24, 2.45) is 12.0 Å². The highest BCUT2D eigenvalue weighted by Gasteiger charge is 2.26. The molecule has 1 atom stereocenters. The van der Waals surface area contributed by atoms with Crippen molar-refractivity contribution in [1.29, 1.82) is 0 Å². The highest BCUT2D eigenvalue weighted by Crippen LogP contribution is 2.30. The number of benzene rings is 1. The standard InChI is InChI=1S/C23H22N8/c1-29-13-18(12-28-29)16-3-4-17-11-24-23(20(17)9-16)21-10-22(26-15-25-21)30-8-5-19(14-30)31-7-2-6-27-31/h2-4,6-7,9-10,12-13,15,19H,5,8,11,14H2,1H3. The summed E-state index contributed by atoms with van der Waals surface area (Å²) in [5.74, 6) is 0.944. The largest absolute Gasteiger partial charge is 0.354 e. The van der Waals surface area contributed by atoms with E-state index in [1.165, 1.54) is 5.56 Å². The number of anilines is 1. The molecule has 4 aromatic rings. The van der Waals surface area contributed by atoms with E-state index in [0.717, 1.165) is 53.4 Å². The molecule has 6 rings (SSSR count). The zero-order chi connectivity index (χ0) is 20.8. The van der Waals surface area contributed by atoms with Crippen LogP contribution in [-0.4, -0.2) is 48.3 Å². The van der Waals surface area contributed by atoms with Crippen LogP contribution in [0.5, 0.6) is 0 Å². The van der Waals surface area contributed by atoms with Gasteiger partial charge in [-0.05, 0) is 29.7 Å². The summed E-state index contributed by atoms with van der Waals surface area (Å²) < 4.78 is 3.86. The molecule has 8 nitrogen and oxygen atoms in total. The minimum absolute atomic E-state index is 0.375. The van der Waals surface area contributed by atoms with E-state index in [1.54, 1.807) is 6.33 Å². The highest BCUT2D eigenvalue weighted by atomic mass is 15.3. The summed E-state index contributed by atoms with van der Waals surface area (Å²) in [5.41, 5.74) is 6.41. The summed E-state index contributed by atoms with van der Waals surface area (Å²) in [4.78, 5) is 16.2. The van der Waals surface area contributed by atoms with Gasteiger partial charge in [-0.1, -0.05) is 12.1 Å². The molecule has 1 fully saturated rings. The fourth-order valence-corrected chi connectivity index (χ4v) is 4.46. The van der Waals surface area contributed by atoms with Gasteiger partial charge in [0, 0.05) is 55.9 Å².